The predicted molar refractivity (Wildman–Crippen MR) is 63.8 cm³/mol. The fourth-order valence-corrected chi connectivity index (χ4v) is 3.55. The van der Waals surface area contributed by atoms with Crippen LogP contribution in [0.25, 0.3) is 0 Å². The van der Waals surface area contributed by atoms with Crippen molar-refractivity contribution in [1.29, 1.82) is 0 Å². The lowest BCUT2D eigenvalue weighted by molar-refractivity contribution is 0.276. The summed E-state index contributed by atoms with van der Waals surface area (Å²) in [7, 11) is 0. The van der Waals surface area contributed by atoms with Crippen LogP contribution in [0, 0.1) is 17.3 Å². The first kappa shape index (κ1) is 10.1. The topological polar surface area (TPSA) is 12.0 Å². The summed E-state index contributed by atoms with van der Waals surface area (Å²) >= 11 is 0. The molecule has 0 aromatic carbocycles. The summed E-state index contributed by atoms with van der Waals surface area (Å²) in [5, 5.41) is 3.88. The van der Waals surface area contributed by atoms with Gasteiger partial charge in [-0.3, -0.25) is 0 Å². The van der Waals surface area contributed by atoms with Crippen molar-refractivity contribution in [1.82, 2.24) is 5.32 Å². The van der Waals surface area contributed by atoms with Crippen LogP contribution in [0.4, 0.5) is 0 Å². The van der Waals surface area contributed by atoms with Gasteiger partial charge in [-0.2, -0.15) is 0 Å². The van der Waals surface area contributed by atoms with Gasteiger partial charge in [0.25, 0.3) is 0 Å². The van der Waals surface area contributed by atoms with Crippen molar-refractivity contribution in [2.75, 3.05) is 6.54 Å². The van der Waals surface area contributed by atoms with Crippen LogP contribution in [0.5, 0.6) is 0 Å². The molecular formula is C14H25N. The Morgan fingerprint density at radius 1 is 1.13 bits per heavy atom. The Bertz CT molecular complexity index is 227. The summed E-state index contributed by atoms with van der Waals surface area (Å²) in [5.41, 5.74) is 0.792. The Kier molecular flexibility index (Phi) is 2.54. The summed E-state index contributed by atoms with van der Waals surface area (Å²) in [4.78, 5) is 0. The lowest BCUT2D eigenvalue weighted by Crippen LogP contribution is -2.37. The molecule has 86 valence electrons. The second kappa shape index (κ2) is 3.76. The van der Waals surface area contributed by atoms with E-state index in [1.165, 1.54) is 57.9 Å². The van der Waals surface area contributed by atoms with Crippen LogP contribution in [0.3, 0.4) is 0 Å². The van der Waals surface area contributed by atoms with E-state index in [2.05, 4.69) is 12.2 Å². The van der Waals surface area contributed by atoms with E-state index in [1.54, 1.807) is 0 Å². The maximum absolute atomic E-state index is 3.88. The molecule has 0 spiro atoms. The van der Waals surface area contributed by atoms with Crippen molar-refractivity contribution >= 4 is 0 Å². The third kappa shape index (κ3) is 2.22. The standard InChI is InChI=1S/C14H25N/c1-11-3-2-4-13(9-11)15-10-14(7-8-14)12-5-6-12/h11-13,15H,2-10H2,1H3. The van der Waals surface area contributed by atoms with Gasteiger partial charge in [0.2, 0.25) is 0 Å². The molecule has 3 rings (SSSR count). The SMILES string of the molecule is CC1CCCC(NCC2(C3CC3)CC2)C1. The first-order chi connectivity index (χ1) is 7.28. The minimum atomic E-state index is 0.792. The zero-order valence-electron chi connectivity index (χ0n) is 10.1. The zero-order chi connectivity index (χ0) is 10.3. The molecular weight excluding hydrogens is 182 g/mol. The highest BCUT2D eigenvalue weighted by Crippen LogP contribution is 2.60. The van der Waals surface area contributed by atoms with E-state index in [0.717, 1.165) is 23.3 Å². The number of rotatable bonds is 4. The zero-order valence-corrected chi connectivity index (χ0v) is 10.1. The fraction of sp³-hybridized carbons (Fsp3) is 1.00. The average molecular weight is 207 g/mol. The quantitative estimate of drug-likeness (QED) is 0.745. The van der Waals surface area contributed by atoms with Gasteiger partial charge in [0.15, 0.2) is 0 Å². The highest BCUT2D eigenvalue weighted by atomic mass is 14.9. The lowest BCUT2D eigenvalue weighted by atomic mass is 9.86. The van der Waals surface area contributed by atoms with Crippen molar-refractivity contribution in [3.63, 3.8) is 0 Å². The molecule has 0 radical (unpaired) electrons. The molecule has 1 heteroatoms. The Morgan fingerprint density at radius 3 is 2.53 bits per heavy atom. The Hall–Kier alpha value is -0.0400. The van der Waals surface area contributed by atoms with Gasteiger partial charge >= 0.3 is 0 Å². The molecule has 0 amide bonds. The monoisotopic (exact) mass is 207 g/mol. The largest absolute Gasteiger partial charge is 0.313 e. The lowest BCUT2D eigenvalue weighted by Gasteiger charge is -2.29. The van der Waals surface area contributed by atoms with Gasteiger partial charge in [0.1, 0.15) is 0 Å². The van der Waals surface area contributed by atoms with Crippen LogP contribution in [0.2, 0.25) is 0 Å². The number of hydrogen-bond donors (Lipinski definition) is 1. The number of hydrogen-bond acceptors (Lipinski definition) is 1. The maximum Gasteiger partial charge on any atom is 0.00698 e. The van der Waals surface area contributed by atoms with E-state index in [4.69, 9.17) is 0 Å². The molecule has 3 aliphatic carbocycles. The summed E-state index contributed by atoms with van der Waals surface area (Å²) < 4.78 is 0. The Morgan fingerprint density at radius 2 is 1.93 bits per heavy atom. The first-order valence-corrected chi connectivity index (χ1v) is 7.02. The third-order valence-corrected chi connectivity index (χ3v) is 5.01. The minimum absolute atomic E-state index is 0.792. The van der Waals surface area contributed by atoms with Gasteiger partial charge in [0, 0.05) is 12.6 Å². The molecule has 0 heterocycles. The molecule has 3 fully saturated rings. The molecule has 1 nitrogen and oxygen atoms in total. The van der Waals surface area contributed by atoms with Crippen LogP contribution in [0.15, 0.2) is 0 Å². The molecule has 1 N–H and O–H groups in total. The Labute approximate surface area is 94.0 Å². The van der Waals surface area contributed by atoms with Crippen molar-refractivity contribution in [2.45, 2.75) is 64.3 Å². The van der Waals surface area contributed by atoms with Crippen molar-refractivity contribution in [3.05, 3.63) is 0 Å². The van der Waals surface area contributed by atoms with Crippen LogP contribution >= 0.6 is 0 Å². The van der Waals surface area contributed by atoms with Gasteiger partial charge in [-0.15, -0.1) is 0 Å². The molecule has 0 bridgehead atoms. The van der Waals surface area contributed by atoms with E-state index in [9.17, 15) is 0 Å². The molecule has 3 saturated carbocycles. The van der Waals surface area contributed by atoms with Gasteiger partial charge in [-0.05, 0) is 55.8 Å². The van der Waals surface area contributed by atoms with Crippen molar-refractivity contribution in [3.8, 4) is 0 Å². The number of nitrogens with one attached hydrogen (secondary N) is 1. The van der Waals surface area contributed by atoms with Gasteiger partial charge < -0.3 is 5.32 Å². The summed E-state index contributed by atoms with van der Waals surface area (Å²) in [6.45, 7) is 3.76. The summed E-state index contributed by atoms with van der Waals surface area (Å²) in [6.07, 6.45) is 11.9. The van der Waals surface area contributed by atoms with Crippen molar-refractivity contribution < 1.29 is 0 Å². The van der Waals surface area contributed by atoms with E-state index >= 15 is 0 Å². The van der Waals surface area contributed by atoms with E-state index in [0.29, 0.717) is 0 Å². The summed E-state index contributed by atoms with van der Waals surface area (Å²) in [6, 6.07) is 0.852. The Balaban J connectivity index is 1.45. The molecule has 0 aromatic heterocycles. The molecule has 2 unspecified atom stereocenters. The highest BCUT2D eigenvalue weighted by molar-refractivity contribution is 5.05. The molecule has 0 aromatic rings. The van der Waals surface area contributed by atoms with Gasteiger partial charge in [-0.1, -0.05) is 19.8 Å². The van der Waals surface area contributed by atoms with E-state index < -0.39 is 0 Å². The maximum atomic E-state index is 3.88. The normalized spacial score (nSPS) is 39.0. The average Bonchev–Trinajstić information content (AvgIpc) is 3.08. The second-order valence-corrected chi connectivity index (χ2v) is 6.49. The van der Waals surface area contributed by atoms with E-state index in [-0.39, 0.29) is 0 Å². The second-order valence-electron chi connectivity index (χ2n) is 6.49. The fourth-order valence-electron chi connectivity index (χ4n) is 3.55. The van der Waals surface area contributed by atoms with Gasteiger partial charge in [0.05, 0.1) is 0 Å². The molecule has 2 atom stereocenters. The first-order valence-electron chi connectivity index (χ1n) is 7.02. The minimum Gasteiger partial charge on any atom is -0.313 e. The third-order valence-electron chi connectivity index (χ3n) is 5.01. The highest BCUT2D eigenvalue weighted by Gasteiger charge is 2.53. The molecule has 0 aliphatic heterocycles. The van der Waals surface area contributed by atoms with Gasteiger partial charge in [-0.25, -0.2) is 0 Å². The molecule has 0 saturated heterocycles. The van der Waals surface area contributed by atoms with E-state index in [1.807, 2.05) is 0 Å². The van der Waals surface area contributed by atoms with Crippen LogP contribution in [-0.2, 0) is 0 Å². The van der Waals surface area contributed by atoms with Crippen LogP contribution in [0.1, 0.15) is 58.3 Å². The smallest absolute Gasteiger partial charge is 0.00698 e. The molecule has 15 heavy (non-hydrogen) atoms. The predicted octanol–water partition coefficient (Wildman–Crippen LogP) is 3.34. The molecule has 3 aliphatic rings. The van der Waals surface area contributed by atoms with Crippen molar-refractivity contribution in [2.24, 2.45) is 17.3 Å². The summed E-state index contributed by atoms with van der Waals surface area (Å²) in [5.74, 6) is 2.08. The van der Waals surface area contributed by atoms with Crippen LogP contribution in [-0.4, -0.2) is 12.6 Å². The van der Waals surface area contributed by atoms with Crippen LogP contribution < -0.4 is 5.32 Å².